The zero-order valence-corrected chi connectivity index (χ0v) is 9.59. The summed E-state index contributed by atoms with van der Waals surface area (Å²) in [5, 5.41) is 0. The van der Waals surface area contributed by atoms with Crippen molar-refractivity contribution in [2.24, 2.45) is 0 Å². The molecule has 6 heteroatoms. The first-order chi connectivity index (χ1) is 8.06. The molecule has 1 aromatic rings. The van der Waals surface area contributed by atoms with Crippen molar-refractivity contribution in [3.63, 3.8) is 0 Å². The minimum absolute atomic E-state index is 0.0494. The van der Waals surface area contributed by atoms with E-state index in [0.29, 0.717) is 12.4 Å². The molecule has 0 aromatic carbocycles. The maximum absolute atomic E-state index is 11.7. The predicted octanol–water partition coefficient (Wildman–Crippen LogP) is -0.536. The van der Waals surface area contributed by atoms with Gasteiger partial charge in [-0.1, -0.05) is 0 Å². The first-order valence-corrected chi connectivity index (χ1v) is 5.28. The van der Waals surface area contributed by atoms with Gasteiger partial charge in [0.15, 0.2) is 0 Å². The van der Waals surface area contributed by atoms with Crippen LogP contribution in [0.5, 0.6) is 0 Å². The Morgan fingerprint density at radius 3 is 2.82 bits per heavy atom. The van der Waals surface area contributed by atoms with Crippen molar-refractivity contribution < 1.29 is 9.59 Å². The van der Waals surface area contributed by atoms with Crippen molar-refractivity contribution in [2.45, 2.75) is 6.54 Å². The van der Waals surface area contributed by atoms with Crippen LogP contribution in [0.15, 0.2) is 18.3 Å². The molecule has 0 unspecified atom stereocenters. The lowest BCUT2D eigenvalue weighted by atomic mass is 10.2. The second-order valence-corrected chi connectivity index (χ2v) is 4.09. The van der Waals surface area contributed by atoms with E-state index in [1.54, 1.807) is 25.4 Å². The van der Waals surface area contributed by atoms with Crippen molar-refractivity contribution in [3.05, 3.63) is 23.9 Å². The number of carbonyl (C=O) groups is 2. The predicted molar refractivity (Wildman–Crippen MR) is 61.7 cm³/mol. The van der Waals surface area contributed by atoms with E-state index in [2.05, 4.69) is 4.98 Å². The number of rotatable bonds is 2. The number of hydrogen-bond acceptors (Lipinski definition) is 4. The second-order valence-electron chi connectivity index (χ2n) is 4.09. The molecule has 1 fully saturated rings. The molecule has 0 spiro atoms. The number of nitrogens with zero attached hydrogens (tertiary/aromatic N) is 3. The zero-order valence-electron chi connectivity index (χ0n) is 9.59. The van der Waals surface area contributed by atoms with Crippen molar-refractivity contribution in [1.82, 2.24) is 14.8 Å². The number of pyridine rings is 1. The molecule has 0 aliphatic carbocycles. The van der Waals surface area contributed by atoms with Gasteiger partial charge in [0, 0.05) is 19.8 Å². The highest BCUT2D eigenvalue weighted by Gasteiger charge is 2.27. The van der Waals surface area contributed by atoms with Crippen LogP contribution in [0.2, 0.25) is 0 Å². The highest BCUT2D eigenvalue weighted by atomic mass is 16.2. The van der Waals surface area contributed by atoms with E-state index < -0.39 is 0 Å². The summed E-state index contributed by atoms with van der Waals surface area (Å²) < 4.78 is 0. The SMILES string of the molecule is CN1CC(=O)N(Cc2ccnc(N)c2)CC1=O. The minimum atomic E-state index is -0.0533. The van der Waals surface area contributed by atoms with Crippen LogP contribution in [0.4, 0.5) is 5.82 Å². The average Bonchev–Trinajstić information content (AvgIpc) is 2.26. The average molecular weight is 234 g/mol. The summed E-state index contributed by atoms with van der Waals surface area (Å²) in [6.45, 7) is 0.655. The molecule has 2 N–H and O–H groups in total. The van der Waals surface area contributed by atoms with Crippen LogP contribution in [0.1, 0.15) is 5.56 Å². The maximum atomic E-state index is 11.7. The molecule has 2 rings (SSSR count). The Morgan fingerprint density at radius 2 is 2.12 bits per heavy atom. The number of piperazine rings is 1. The summed E-state index contributed by atoms with van der Waals surface area (Å²) in [4.78, 5) is 30.1. The van der Waals surface area contributed by atoms with Crippen molar-refractivity contribution in [1.29, 1.82) is 0 Å². The topological polar surface area (TPSA) is 79.5 Å². The van der Waals surface area contributed by atoms with Gasteiger partial charge in [-0.3, -0.25) is 9.59 Å². The Kier molecular flexibility index (Phi) is 2.95. The number of anilines is 1. The lowest BCUT2D eigenvalue weighted by Gasteiger charge is -2.31. The number of amides is 2. The Labute approximate surface area is 99.0 Å². The Morgan fingerprint density at radius 1 is 1.35 bits per heavy atom. The Hall–Kier alpha value is -2.11. The monoisotopic (exact) mass is 234 g/mol. The molecular weight excluding hydrogens is 220 g/mol. The van der Waals surface area contributed by atoms with Crippen LogP contribution in [0.3, 0.4) is 0 Å². The first kappa shape index (κ1) is 11.4. The number of nitrogen functional groups attached to an aromatic ring is 1. The van der Waals surface area contributed by atoms with Gasteiger partial charge in [-0.25, -0.2) is 4.98 Å². The van der Waals surface area contributed by atoms with E-state index in [1.807, 2.05) is 0 Å². The van der Waals surface area contributed by atoms with Crippen molar-refractivity contribution >= 4 is 17.6 Å². The van der Waals surface area contributed by atoms with Gasteiger partial charge in [0.2, 0.25) is 11.8 Å². The van der Waals surface area contributed by atoms with Crippen molar-refractivity contribution in [2.75, 3.05) is 25.9 Å². The van der Waals surface area contributed by atoms with Gasteiger partial charge >= 0.3 is 0 Å². The minimum Gasteiger partial charge on any atom is -0.384 e. The highest BCUT2D eigenvalue weighted by molar-refractivity contribution is 5.92. The van der Waals surface area contributed by atoms with Crippen LogP contribution in [0.25, 0.3) is 0 Å². The van der Waals surface area contributed by atoms with E-state index in [1.165, 1.54) is 9.80 Å². The molecule has 0 radical (unpaired) electrons. The third kappa shape index (κ3) is 2.52. The Bertz CT molecular complexity index is 461. The second kappa shape index (κ2) is 4.40. The first-order valence-electron chi connectivity index (χ1n) is 5.28. The molecule has 1 aliphatic rings. The summed E-state index contributed by atoms with van der Waals surface area (Å²) in [6, 6.07) is 3.49. The molecular formula is C11H14N4O2. The van der Waals surface area contributed by atoms with Gasteiger partial charge < -0.3 is 15.5 Å². The summed E-state index contributed by atoms with van der Waals surface area (Å²) >= 11 is 0. The third-order valence-corrected chi connectivity index (χ3v) is 2.70. The molecule has 0 bridgehead atoms. The molecule has 2 amide bonds. The lowest BCUT2D eigenvalue weighted by molar-refractivity contribution is -0.149. The van der Waals surface area contributed by atoms with Gasteiger partial charge in [-0.15, -0.1) is 0 Å². The van der Waals surface area contributed by atoms with E-state index in [-0.39, 0.29) is 24.9 Å². The van der Waals surface area contributed by atoms with Crippen LogP contribution in [-0.4, -0.2) is 46.7 Å². The lowest BCUT2D eigenvalue weighted by Crippen LogP contribution is -2.51. The van der Waals surface area contributed by atoms with Gasteiger partial charge in [0.1, 0.15) is 12.4 Å². The van der Waals surface area contributed by atoms with Gasteiger partial charge in [0.25, 0.3) is 0 Å². The molecule has 17 heavy (non-hydrogen) atoms. The largest absolute Gasteiger partial charge is 0.384 e. The standard InChI is InChI=1S/C11H14N4O2/c1-14-6-11(17)15(7-10(14)16)5-8-2-3-13-9(12)4-8/h2-4H,5-7H2,1H3,(H2,12,13). The molecule has 0 saturated carbocycles. The normalized spacial score (nSPS) is 16.5. The third-order valence-electron chi connectivity index (χ3n) is 2.70. The summed E-state index contributed by atoms with van der Waals surface area (Å²) in [5.74, 6) is 0.310. The van der Waals surface area contributed by atoms with E-state index in [0.717, 1.165) is 5.56 Å². The molecule has 0 atom stereocenters. The van der Waals surface area contributed by atoms with Crippen LogP contribution in [0, 0.1) is 0 Å². The van der Waals surface area contributed by atoms with E-state index in [4.69, 9.17) is 5.73 Å². The quantitative estimate of drug-likeness (QED) is 0.745. The van der Waals surface area contributed by atoms with Crippen LogP contribution in [-0.2, 0) is 16.1 Å². The number of likely N-dealkylation sites (N-methyl/N-ethyl adjacent to an activating group) is 1. The summed E-state index contributed by atoms with van der Waals surface area (Å²) in [5.41, 5.74) is 6.44. The zero-order chi connectivity index (χ0) is 12.4. The number of hydrogen-bond donors (Lipinski definition) is 1. The van der Waals surface area contributed by atoms with E-state index in [9.17, 15) is 9.59 Å². The molecule has 1 saturated heterocycles. The molecule has 2 heterocycles. The van der Waals surface area contributed by atoms with Crippen LogP contribution < -0.4 is 5.73 Å². The fraction of sp³-hybridized carbons (Fsp3) is 0.364. The van der Waals surface area contributed by atoms with E-state index >= 15 is 0 Å². The van der Waals surface area contributed by atoms with Crippen LogP contribution >= 0.6 is 0 Å². The summed E-state index contributed by atoms with van der Waals surface area (Å²) in [6.07, 6.45) is 1.59. The fourth-order valence-corrected chi connectivity index (χ4v) is 1.72. The number of aromatic nitrogens is 1. The molecule has 90 valence electrons. The highest BCUT2D eigenvalue weighted by Crippen LogP contribution is 2.10. The number of nitrogens with two attached hydrogens (primary N) is 1. The Balaban J connectivity index is 2.08. The molecule has 6 nitrogen and oxygen atoms in total. The van der Waals surface area contributed by atoms with Gasteiger partial charge in [-0.2, -0.15) is 0 Å². The van der Waals surface area contributed by atoms with Gasteiger partial charge in [-0.05, 0) is 17.7 Å². The molecule has 1 aromatic heterocycles. The summed E-state index contributed by atoms with van der Waals surface area (Å²) in [7, 11) is 1.63. The van der Waals surface area contributed by atoms with Gasteiger partial charge in [0.05, 0.1) is 6.54 Å². The smallest absolute Gasteiger partial charge is 0.242 e. The van der Waals surface area contributed by atoms with Crippen molar-refractivity contribution in [3.8, 4) is 0 Å². The maximum Gasteiger partial charge on any atom is 0.242 e. The fourth-order valence-electron chi connectivity index (χ4n) is 1.72. The molecule has 1 aliphatic heterocycles. The number of carbonyl (C=O) groups excluding carboxylic acids is 2.